The molecule has 0 bridgehead atoms. The predicted molar refractivity (Wildman–Crippen MR) is 120 cm³/mol. The second-order valence-electron chi connectivity index (χ2n) is 7.74. The van der Waals surface area contributed by atoms with E-state index >= 15 is 0 Å². The molecule has 2 aliphatic rings. The molecule has 2 heterocycles. The van der Waals surface area contributed by atoms with E-state index in [1.54, 1.807) is 29.2 Å². The highest BCUT2D eigenvalue weighted by Gasteiger charge is 2.44. The van der Waals surface area contributed by atoms with Crippen LogP contribution in [0.3, 0.4) is 0 Å². The van der Waals surface area contributed by atoms with E-state index in [2.05, 4.69) is 11.9 Å². The summed E-state index contributed by atoms with van der Waals surface area (Å²) in [5.41, 5.74) is 1.82. The van der Waals surface area contributed by atoms with Crippen molar-refractivity contribution in [2.75, 3.05) is 32.7 Å². The third-order valence-corrected chi connectivity index (χ3v) is 5.69. The Morgan fingerprint density at radius 3 is 2.61 bits per heavy atom. The molecule has 0 spiro atoms. The first-order valence-electron chi connectivity index (χ1n) is 10.7. The Balaban J connectivity index is 1.91. The Labute approximate surface area is 188 Å². The fourth-order valence-electron chi connectivity index (χ4n) is 4.10. The van der Waals surface area contributed by atoms with Crippen molar-refractivity contribution >= 4 is 29.4 Å². The molecular formula is C23H29ClN4O3. The van der Waals surface area contributed by atoms with E-state index in [9.17, 15) is 14.4 Å². The zero-order valence-corrected chi connectivity index (χ0v) is 18.8. The first kappa shape index (κ1) is 22.9. The van der Waals surface area contributed by atoms with Gasteiger partial charge in [-0.2, -0.15) is 0 Å². The quantitative estimate of drug-likeness (QED) is 0.594. The fraction of sp³-hybridized carbons (Fsp3) is 0.435. The number of amides is 4. The molecule has 2 aliphatic heterocycles. The van der Waals surface area contributed by atoms with Gasteiger partial charge in [0.15, 0.2) is 0 Å². The molecule has 0 fully saturated rings. The van der Waals surface area contributed by atoms with Crippen molar-refractivity contribution in [2.45, 2.75) is 32.7 Å². The van der Waals surface area contributed by atoms with Crippen LogP contribution in [0.2, 0.25) is 5.02 Å². The van der Waals surface area contributed by atoms with Crippen molar-refractivity contribution < 1.29 is 14.4 Å². The van der Waals surface area contributed by atoms with Crippen LogP contribution in [0.5, 0.6) is 0 Å². The first-order valence-corrected chi connectivity index (χ1v) is 11.0. The number of hydrogen-bond acceptors (Lipinski definition) is 3. The Kier molecular flexibility index (Phi) is 7.38. The predicted octanol–water partition coefficient (Wildman–Crippen LogP) is 3.34. The number of nitrogens with zero attached hydrogens (tertiary/aromatic N) is 3. The molecule has 1 unspecified atom stereocenters. The van der Waals surface area contributed by atoms with Crippen LogP contribution < -0.4 is 5.32 Å². The highest BCUT2D eigenvalue weighted by atomic mass is 35.5. The second kappa shape index (κ2) is 10.0. The van der Waals surface area contributed by atoms with Crippen LogP contribution in [0.15, 0.2) is 48.2 Å². The van der Waals surface area contributed by atoms with Gasteiger partial charge in [-0.05, 0) is 30.5 Å². The van der Waals surface area contributed by atoms with Crippen LogP contribution in [-0.2, 0) is 9.59 Å². The van der Waals surface area contributed by atoms with E-state index in [1.807, 2.05) is 19.9 Å². The number of hydrogen-bond donors (Lipinski definition) is 1. The summed E-state index contributed by atoms with van der Waals surface area (Å²) in [6, 6.07) is 6.18. The average Bonchev–Trinajstić information content (AvgIpc) is 3.05. The van der Waals surface area contributed by atoms with E-state index < -0.39 is 6.04 Å². The Morgan fingerprint density at radius 1 is 1.29 bits per heavy atom. The van der Waals surface area contributed by atoms with Gasteiger partial charge in [-0.1, -0.05) is 43.7 Å². The number of carbonyl (C=O) groups excluding carboxylic acids is 3. The normalized spacial score (nSPS) is 18.2. The number of halogens is 1. The molecule has 4 amide bonds. The Hall–Kier alpha value is -2.80. The van der Waals surface area contributed by atoms with Gasteiger partial charge >= 0.3 is 6.03 Å². The third kappa shape index (κ3) is 4.77. The maximum atomic E-state index is 13.4. The first-order chi connectivity index (χ1) is 14.9. The molecule has 1 N–H and O–H groups in total. The topological polar surface area (TPSA) is 73.0 Å². The Morgan fingerprint density at radius 2 is 2.00 bits per heavy atom. The van der Waals surface area contributed by atoms with Crippen LogP contribution >= 0.6 is 11.6 Å². The van der Waals surface area contributed by atoms with Crippen molar-refractivity contribution in [3.63, 3.8) is 0 Å². The summed E-state index contributed by atoms with van der Waals surface area (Å²) in [4.78, 5) is 43.9. The lowest BCUT2D eigenvalue weighted by Gasteiger charge is -2.33. The van der Waals surface area contributed by atoms with Crippen molar-refractivity contribution in [3.05, 3.63) is 58.8 Å². The molecule has 8 heteroatoms. The minimum Gasteiger partial charge on any atom is -0.341 e. The molecule has 1 aromatic rings. The molecular weight excluding hydrogens is 416 g/mol. The maximum absolute atomic E-state index is 13.4. The third-order valence-electron chi connectivity index (χ3n) is 5.46. The second-order valence-corrected chi connectivity index (χ2v) is 8.18. The van der Waals surface area contributed by atoms with E-state index in [0.717, 1.165) is 18.4 Å². The van der Waals surface area contributed by atoms with Crippen LogP contribution in [0.25, 0.3) is 0 Å². The van der Waals surface area contributed by atoms with Gasteiger partial charge in [-0.25, -0.2) is 4.79 Å². The summed E-state index contributed by atoms with van der Waals surface area (Å²) in [6.45, 7) is 9.58. The van der Waals surface area contributed by atoms with Gasteiger partial charge in [0.1, 0.15) is 6.54 Å². The fourth-order valence-corrected chi connectivity index (χ4v) is 4.30. The molecule has 0 saturated carbocycles. The largest absolute Gasteiger partial charge is 0.341 e. The van der Waals surface area contributed by atoms with Gasteiger partial charge in [0, 0.05) is 24.7 Å². The van der Waals surface area contributed by atoms with E-state index in [0.29, 0.717) is 29.4 Å². The lowest BCUT2D eigenvalue weighted by molar-refractivity contribution is -0.137. The number of rotatable bonds is 9. The van der Waals surface area contributed by atoms with Crippen molar-refractivity contribution in [1.82, 2.24) is 20.0 Å². The number of nitrogens with one attached hydrogen (secondary N) is 1. The van der Waals surface area contributed by atoms with E-state index in [4.69, 9.17) is 11.6 Å². The summed E-state index contributed by atoms with van der Waals surface area (Å²) >= 11 is 6.15. The number of benzene rings is 1. The smallest absolute Gasteiger partial charge is 0.322 e. The maximum Gasteiger partial charge on any atom is 0.322 e. The summed E-state index contributed by atoms with van der Waals surface area (Å²) < 4.78 is 0. The van der Waals surface area contributed by atoms with E-state index in [1.165, 1.54) is 9.80 Å². The van der Waals surface area contributed by atoms with Crippen LogP contribution in [0.4, 0.5) is 4.79 Å². The molecule has 3 rings (SSSR count). The zero-order valence-electron chi connectivity index (χ0n) is 18.1. The SMILES string of the molecule is C=CCN1C(=O)NC(c2cccc(Cl)c2)C2=C1CN(CC(=O)N(CCC)CCC)C2=O. The zero-order chi connectivity index (χ0) is 22.5. The van der Waals surface area contributed by atoms with Crippen molar-refractivity contribution in [1.29, 1.82) is 0 Å². The molecule has 31 heavy (non-hydrogen) atoms. The Bertz CT molecular complexity index is 908. The van der Waals surface area contributed by atoms with Crippen molar-refractivity contribution in [2.24, 2.45) is 0 Å². The summed E-state index contributed by atoms with van der Waals surface area (Å²) in [7, 11) is 0. The minimum atomic E-state index is -0.614. The van der Waals surface area contributed by atoms with Gasteiger partial charge in [0.2, 0.25) is 5.91 Å². The van der Waals surface area contributed by atoms with Gasteiger partial charge in [0.05, 0.1) is 23.9 Å². The number of urea groups is 1. The van der Waals surface area contributed by atoms with Gasteiger partial charge < -0.3 is 15.1 Å². The minimum absolute atomic E-state index is 0.00970. The van der Waals surface area contributed by atoms with Gasteiger partial charge in [0.25, 0.3) is 5.91 Å². The number of carbonyl (C=O) groups is 3. The van der Waals surface area contributed by atoms with Gasteiger partial charge in [-0.3, -0.25) is 14.5 Å². The molecule has 166 valence electrons. The van der Waals surface area contributed by atoms with E-state index in [-0.39, 0.29) is 37.5 Å². The molecule has 0 saturated heterocycles. The highest BCUT2D eigenvalue weighted by Crippen LogP contribution is 2.36. The summed E-state index contributed by atoms with van der Waals surface area (Å²) in [6.07, 6.45) is 3.33. The monoisotopic (exact) mass is 444 g/mol. The molecule has 7 nitrogen and oxygen atoms in total. The van der Waals surface area contributed by atoms with Gasteiger partial charge in [-0.15, -0.1) is 6.58 Å². The van der Waals surface area contributed by atoms with Crippen LogP contribution in [0, 0.1) is 0 Å². The molecule has 0 radical (unpaired) electrons. The average molecular weight is 445 g/mol. The molecule has 0 aromatic heterocycles. The standard InChI is InChI=1S/C23H29ClN4O3/c1-4-10-26(11-5-2)19(29)15-27-14-18-20(22(27)30)21(16-8-7-9-17(24)13-16)25-23(31)28(18)12-6-3/h6-9,13,21H,3-5,10-12,14-15H2,1-2H3,(H,25,31). The summed E-state index contributed by atoms with van der Waals surface area (Å²) in [5, 5.41) is 3.44. The molecule has 0 aliphatic carbocycles. The lowest BCUT2D eigenvalue weighted by atomic mass is 9.95. The molecule has 1 atom stereocenters. The molecule has 1 aromatic carbocycles. The highest BCUT2D eigenvalue weighted by molar-refractivity contribution is 6.30. The van der Waals surface area contributed by atoms with Crippen LogP contribution in [-0.4, -0.2) is 65.3 Å². The van der Waals surface area contributed by atoms with Crippen LogP contribution in [0.1, 0.15) is 38.3 Å². The summed E-state index contributed by atoms with van der Waals surface area (Å²) in [5.74, 6) is -0.318. The van der Waals surface area contributed by atoms with Crippen molar-refractivity contribution in [3.8, 4) is 0 Å². The lowest BCUT2D eigenvalue weighted by Crippen LogP contribution is -2.47.